The maximum Gasteiger partial charge on any atom is 0.219 e. The highest BCUT2D eigenvalue weighted by atomic mass is 35.5. The van der Waals surface area contributed by atoms with Crippen LogP contribution in [0, 0.1) is 0 Å². The van der Waals surface area contributed by atoms with Gasteiger partial charge < -0.3 is 14.8 Å². The molecule has 2 saturated heterocycles. The van der Waals surface area contributed by atoms with Crippen LogP contribution in [0.4, 0.5) is 0 Å². The number of rotatable bonds is 3. The summed E-state index contributed by atoms with van der Waals surface area (Å²) in [5.41, 5.74) is 1.35. The topological polar surface area (TPSA) is 43.4 Å². The number of benzene rings is 1. The minimum absolute atomic E-state index is 0.0739. The zero-order chi connectivity index (χ0) is 16.4. The smallest absolute Gasteiger partial charge is 0.219 e. The molecule has 4 rings (SSSR count). The van der Waals surface area contributed by atoms with E-state index in [-0.39, 0.29) is 5.60 Å². The van der Waals surface area contributed by atoms with Crippen LogP contribution in [0.15, 0.2) is 42.6 Å². The van der Waals surface area contributed by atoms with Crippen molar-refractivity contribution >= 4 is 11.6 Å². The van der Waals surface area contributed by atoms with E-state index >= 15 is 0 Å². The number of piperidine rings is 1. The summed E-state index contributed by atoms with van der Waals surface area (Å²) in [5, 5.41) is 4.02. The molecule has 1 spiro atoms. The molecule has 1 N–H and O–H groups in total. The molecule has 1 aromatic heterocycles. The van der Waals surface area contributed by atoms with Gasteiger partial charge in [0.05, 0.1) is 17.2 Å². The number of aromatic nitrogens is 1. The lowest BCUT2D eigenvalue weighted by Gasteiger charge is -2.33. The molecule has 126 valence electrons. The third-order valence-electron chi connectivity index (χ3n) is 4.98. The van der Waals surface area contributed by atoms with Gasteiger partial charge in [-0.25, -0.2) is 4.98 Å². The van der Waals surface area contributed by atoms with Gasteiger partial charge in [0, 0.05) is 18.2 Å². The van der Waals surface area contributed by atoms with Crippen LogP contribution in [-0.4, -0.2) is 30.3 Å². The van der Waals surface area contributed by atoms with Crippen LogP contribution in [0.1, 0.15) is 30.7 Å². The molecule has 0 radical (unpaired) electrons. The van der Waals surface area contributed by atoms with Crippen LogP contribution >= 0.6 is 11.6 Å². The normalized spacial score (nSPS) is 22.6. The van der Waals surface area contributed by atoms with E-state index in [1.54, 1.807) is 18.3 Å². The Bertz CT molecular complexity index is 699. The van der Waals surface area contributed by atoms with Crippen molar-refractivity contribution in [3.63, 3.8) is 0 Å². The molecule has 0 saturated carbocycles. The zero-order valence-corrected chi connectivity index (χ0v) is 14.3. The lowest BCUT2D eigenvalue weighted by atomic mass is 9.84. The Kier molecular flexibility index (Phi) is 4.44. The number of nitrogens with one attached hydrogen (secondary N) is 1. The van der Waals surface area contributed by atoms with Crippen LogP contribution in [0.25, 0.3) is 0 Å². The highest BCUT2D eigenvalue weighted by Crippen LogP contribution is 2.42. The van der Waals surface area contributed by atoms with Crippen LogP contribution in [0.3, 0.4) is 0 Å². The van der Waals surface area contributed by atoms with Gasteiger partial charge in [-0.3, -0.25) is 0 Å². The molecule has 2 aliphatic heterocycles. The van der Waals surface area contributed by atoms with Crippen molar-refractivity contribution in [3.05, 3.63) is 53.2 Å². The minimum Gasteiger partial charge on any atom is -0.439 e. The van der Waals surface area contributed by atoms with Crippen LogP contribution < -0.4 is 10.1 Å². The molecule has 4 nitrogen and oxygen atoms in total. The summed E-state index contributed by atoms with van der Waals surface area (Å²) >= 11 is 5.86. The van der Waals surface area contributed by atoms with E-state index in [4.69, 9.17) is 21.1 Å². The third kappa shape index (κ3) is 3.41. The Labute approximate surface area is 147 Å². The monoisotopic (exact) mass is 344 g/mol. The summed E-state index contributed by atoms with van der Waals surface area (Å²) in [6.45, 7) is 2.90. The lowest BCUT2D eigenvalue weighted by molar-refractivity contribution is -0.0193. The van der Waals surface area contributed by atoms with Crippen molar-refractivity contribution in [1.29, 1.82) is 0 Å². The summed E-state index contributed by atoms with van der Waals surface area (Å²) in [5.74, 6) is 1.78. The van der Waals surface area contributed by atoms with Gasteiger partial charge in [0.1, 0.15) is 5.75 Å². The molecule has 0 aliphatic carbocycles. The van der Waals surface area contributed by atoms with Crippen LogP contribution in [0.5, 0.6) is 11.6 Å². The van der Waals surface area contributed by atoms with E-state index in [1.807, 2.05) is 12.1 Å². The van der Waals surface area contributed by atoms with E-state index in [0.29, 0.717) is 16.8 Å². The summed E-state index contributed by atoms with van der Waals surface area (Å²) in [4.78, 5) is 4.18. The number of pyridine rings is 1. The summed E-state index contributed by atoms with van der Waals surface area (Å²) in [6.07, 6.45) is 4.90. The predicted octanol–water partition coefficient (Wildman–Crippen LogP) is 4.15. The Morgan fingerprint density at radius 1 is 1.21 bits per heavy atom. The molecule has 0 amide bonds. The molecule has 2 aromatic rings. The van der Waals surface area contributed by atoms with Crippen LogP contribution in [-0.2, 0) is 4.74 Å². The minimum atomic E-state index is 0.0739. The Morgan fingerprint density at radius 3 is 2.88 bits per heavy atom. The van der Waals surface area contributed by atoms with E-state index in [9.17, 15) is 0 Å². The van der Waals surface area contributed by atoms with E-state index < -0.39 is 0 Å². The van der Waals surface area contributed by atoms with Crippen molar-refractivity contribution < 1.29 is 9.47 Å². The Balaban J connectivity index is 1.47. The van der Waals surface area contributed by atoms with Crippen molar-refractivity contribution in [2.75, 3.05) is 19.7 Å². The Hall–Kier alpha value is -1.62. The SMILES string of the molecule is Clc1ccc(Oc2cccc([C@H]3COC4(CCNCC4)C3)c2)nc1. The molecule has 3 heterocycles. The first kappa shape index (κ1) is 15.9. The van der Waals surface area contributed by atoms with Gasteiger partial charge in [-0.15, -0.1) is 0 Å². The molecule has 1 atom stereocenters. The number of hydrogen-bond acceptors (Lipinski definition) is 4. The average Bonchev–Trinajstić information content (AvgIpc) is 3.01. The van der Waals surface area contributed by atoms with Gasteiger partial charge >= 0.3 is 0 Å². The Morgan fingerprint density at radius 2 is 2.08 bits per heavy atom. The molecule has 1 aromatic carbocycles. The van der Waals surface area contributed by atoms with Crippen molar-refractivity contribution in [1.82, 2.24) is 10.3 Å². The van der Waals surface area contributed by atoms with Gasteiger partial charge in [0.2, 0.25) is 5.88 Å². The number of nitrogens with zero attached hydrogens (tertiary/aromatic N) is 1. The molecule has 0 bridgehead atoms. The summed E-state index contributed by atoms with van der Waals surface area (Å²) < 4.78 is 12.1. The molecule has 24 heavy (non-hydrogen) atoms. The predicted molar refractivity (Wildman–Crippen MR) is 93.9 cm³/mol. The van der Waals surface area contributed by atoms with Crippen LogP contribution in [0.2, 0.25) is 5.02 Å². The fourth-order valence-corrected chi connectivity index (χ4v) is 3.78. The summed E-state index contributed by atoms with van der Waals surface area (Å²) in [6, 6.07) is 11.8. The molecule has 5 heteroatoms. The zero-order valence-electron chi connectivity index (χ0n) is 13.5. The van der Waals surface area contributed by atoms with E-state index in [0.717, 1.165) is 44.7 Å². The van der Waals surface area contributed by atoms with Gasteiger partial charge in [0.15, 0.2) is 0 Å². The van der Waals surface area contributed by atoms with Gasteiger partial charge in [0.25, 0.3) is 0 Å². The van der Waals surface area contributed by atoms with Crippen molar-refractivity contribution in [3.8, 4) is 11.6 Å². The number of ether oxygens (including phenoxy) is 2. The van der Waals surface area contributed by atoms with Crippen molar-refractivity contribution in [2.24, 2.45) is 0 Å². The largest absolute Gasteiger partial charge is 0.439 e. The first-order valence-electron chi connectivity index (χ1n) is 8.47. The fourth-order valence-electron chi connectivity index (χ4n) is 3.66. The van der Waals surface area contributed by atoms with E-state index in [2.05, 4.69) is 22.4 Å². The number of halogens is 1. The molecule has 2 aliphatic rings. The van der Waals surface area contributed by atoms with Crippen molar-refractivity contribution in [2.45, 2.75) is 30.8 Å². The average molecular weight is 345 g/mol. The standard InChI is InChI=1S/C19H21ClN2O2/c20-16-4-5-18(22-12-16)24-17-3-1-2-14(10-17)15-11-19(23-13-15)6-8-21-9-7-19/h1-5,10,12,15,21H,6-9,11,13H2/t15-/m1/s1. The second kappa shape index (κ2) is 6.71. The van der Waals surface area contributed by atoms with E-state index in [1.165, 1.54) is 5.56 Å². The molecular formula is C19H21ClN2O2. The maximum atomic E-state index is 6.21. The first-order chi connectivity index (χ1) is 11.7. The van der Waals surface area contributed by atoms with Gasteiger partial charge in [-0.05, 0) is 56.1 Å². The molecular weight excluding hydrogens is 324 g/mol. The second-order valence-corrected chi connectivity index (χ2v) is 7.07. The van der Waals surface area contributed by atoms with Gasteiger partial charge in [-0.1, -0.05) is 23.7 Å². The molecule has 0 unspecified atom stereocenters. The lowest BCUT2D eigenvalue weighted by Crippen LogP contribution is -2.41. The second-order valence-electron chi connectivity index (χ2n) is 6.63. The van der Waals surface area contributed by atoms with Gasteiger partial charge in [-0.2, -0.15) is 0 Å². The highest BCUT2D eigenvalue weighted by molar-refractivity contribution is 6.30. The highest BCUT2D eigenvalue weighted by Gasteiger charge is 2.41. The number of hydrogen-bond donors (Lipinski definition) is 1. The first-order valence-corrected chi connectivity index (χ1v) is 8.84. The summed E-state index contributed by atoms with van der Waals surface area (Å²) in [7, 11) is 0. The maximum absolute atomic E-state index is 6.21. The fraction of sp³-hybridized carbons (Fsp3) is 0.421. The quantitative estimate of drug-likeness (QED) is 0.908. The molecule has 2 fully saturated rings. The third-order valence-corrected chi connectivity index (χ3v) is 5.20.